The average Bonchev–Trinajstić information content (AvgIpc) is 3.10. The van der Waals surface area contributed by atoms with E-state index in [1.165, 1.54) is 38.5 Å². The summed E-state index contributed by atoms with van der Waals surface area (Å²) in [6.07, 6.45) is 14.8. The van der Waals surface area contributed by atoms with Gasteiger partial charge in [0.1, 0.15) is 0 Å². The third kappa shape index (κ3) is 3.51. The molecule has 2 aliphatic heterocycles. The number of nitrogens with zero attached hydrogens (tertiary/aromatic N) is 4. The van der Waals surface area contributed by atoms with E-state index in [1.54, 1.807) is 12.4 Å². The maximum absolute atomic E-state index is 13.3. The van der Waals surface area contributed by atoms with Crippen LogP contribution in [0.4, 0.5) is 5.95 Å². The maximum Gasteiger partial charge on any atom is 0.230 e. The number of carbonyl (C=O) groups is 1. The lowest BCUT2D eigenvalue weighted by Gasteiger charge is -2.40. The second-order valence-electron chi connectivity index (χ2n) is 8.19. The van der Waals surface area contributed by atoms with E-state index in [4.69, 9.17) is 0 Å². The molecule has 0 aromatic carbocycles. The number of anilines is 1. The van der Waals surface area contributed by atoms with E-state index < -0.39 is 0 Å². The Morgan fingerprint density at radius 3 is 2.64 bits per heavy atom. The standard InChI is InChI=1S/C20H30N4O/c25-18-20(10-15-24(16-20)19-21-11-5-12-22-19)9-4-13-23(18)14-8-17-6-2-1-3-7-17/h5,11-12,17H,1-4,6-10,13-16H2/t20-/m0/s1. The molecular weight excluding hydrogens is 312 g/mol. The summed E-state index contributed by atoms with van der Waals surface area (Å²) in [6, 6.07) is 1.84. The highest BCUT2D eigenvalue weighted by molar-refractivity contribution is 5.85. The first-order chi connectivity index (χ1) is 12.3. The van der Waals surface area contributed by atoms with Gasteiger partial charge in [-0.25, -0.2) is 9.97 Å². The van der Waals surface area contributed by atoms with Crippen LogP contribution in [0.5, 0.6) is 0 Å². The molecule has 1 amide bonds. The molecule has 3 aliphatic rings. The van der Waals surface area contributed by atoms with Crippen molar-refractivity contribution >= 4 is 11.9 Å². The van der Waals surface area contributed by atoms with Crippen LogP contribution in [0.15, 0.2) is 18.5 Å². The van der Waals surface area contributed by atoms with Gasteiger partial charge < -0.3 is 9.80 Å². The van der Waals surface area contributed by atoms with Gasteiger partial charge in [0.2, 0.25) is 11.9 Å². The van der Waals surface area contributed by atoms with Gasteiger partial charge in [-0.2, -0.15) is 0 Å². The lowest BCUT2D eigenvalue weighted by atomic mass is 9.78. The molecule has 0 bridgehead atoms. The minimum absolute atomic E-state index is 0.190. The first-order valence-corrected chi connectivity index (χ1v) is 10.1. The highest BCUT2D eigenvalue weighted by Crippen LogP contribution is 2.41. The van der Waals surface area contributed by atoms with Crippen molar-refractivity contribution in [1.29, 1.82) is 0 Å². The maximum atomic E-state index is 13.3. The van der Waals surface area contributed by atoms with Gasteiger partial charge in [0, 0.05) is 38.6 Å². The molecule has 0 unspecified atom stereocenters. The molecule has 136 valence electrons. The van der Waals surface area contributed by atoms with Crippen LogP contribution in [0.1, 0.15) is 57.8 Å². The topological polar surface area (TPSA) is 49.3 Å². The largest absolute Gasteiger partial charge is 0.342 e. The fourth-order valence-corrected chi connectivity index (χ4v) is 5.06. The third-order valence-electron chi connectivity index (χ3n) is 6.55. The normalized spacial score (nSPS) is 28.1. The van der Waals surface area contributed by atoms with Gasteiger partial charge in [-0.1, -0.05) is 32.1 Å². The predicted molar refractivity (Wildman–Crippen MR) is 98.3 cm³/mol. The van der Waals surface area contributed by atoms with Crippen molar-refractivity contribution in [3.8, 4) is 0 Å². The Balaban J connectivity index is 1.38. The quantitative estimate of drug-likeness (QED) is 0.843. The van der Waals surface area contributed by atoms with Crippen molar-refractivity contribution in [2.45, 2.75) is 57.8 Å². The summed E-state index contributed by atoms with van der Waals surface area (Å²) in [5, 5.41) is 0. The van der Waals surface area contributed by atoms with E-state index >= 15 is 0 Å². The molecule has 0 N–H and O–H groups in total. The Labute approximate surface area is 150 Å². The van der Waals surface area contributed by atoms with Crippen LogP contribution in [-0.4, -0.2) is 47.0 Å². The molecule has 3 fully saturated rings. The number of aromatic nitrogens is 2. The predicted octanol–water partition coefficient (Wildman–Crippen LogP) is 3.27. The smallest absolute Gasteiger partial charge is 0.230 e. The van der Waals surface area contributed by atoms with Crippen LogP contribution in [0, 0.1) is 11.3 Å². The molecule has 1 aliphatic carbocycles. The van der Waals surface area contributed by atoms with Gasteiger partial charge in [-0.15, -0.1) is 0 Å². The van der Waals surface area contributed by atoms with Crippen LogP contribution in [0.2, 0.25) is 0 Å². The number of carbonyl (C=O) groups excluding carboxylic acids is 1. The average molecular weight is 342 g/mol. The number of amides is 1. The lowest BCUT2D eigenvalue weighted by Crippen LogP contribution is -2.50. The van der Waals surface area contributed by atoms with Crippen molar-refractivity contribution in [1.82, 2.24) is 14.9 Å². The summed E-state index contributed by atoms with van der Waals surface area (Å²) in [6.45, 7) is 3.60. The molecule has 3 heterocycles. The molecule has 1 spiro atoms. The Morgan fingerprint density at radius 1 is 1.04 bits per heavy atom. The van der Waals surface area contributed by atoms with Gasteiger partial charge in [-0.05, 0) is 37.7 Å². The van der Waals surface area contributed by atoms with E-state index in [9.17, 15) is 4.79 Å². The number of hydrogen-bond acceptors (Lipinski definition) is 4. The van der Waals surface area contributed by atoms with Crippen molar-refractivity contribution in [3.05, 3.63) is 18.5 Å². The number of piperidine rings is 1. The van der Waals surface area contributed by atoms with Gasteiger partial charge >= 0.3 is 0 Å². The molecule has 5 heteroatoms. The SMILES string of the molecule is O=C1N(CCC2CCCCC2)CCC[C@@]12CCN(c1ncccn1)C2. The summed E-state index contributed by atoms with van der Waals surface area (Å²) in [4.78, 5) is 26.4. The summed E-state index contributed by atoms with van der Waals surface area (Å²) in [7, 11) is 0. The fourth-order valence-electron chi connectivity index (χ4n) is 5.06. The van der Waals surface area contributed by atoms with E-state index in [0.717, 1.165) is 57.3 Å². The van der Waals surface area contributed by atoms with Crippen molar-refractivity contribution in [2.24, 2.45) is 11.3 Å². The Hall–Kier alpha value is -1.65. The molecule has 1 atom stereocenters. The second kappa shape index (κ2) is 7.30. The lowest BCUT2D eigenvalue weighted by molar-refractivity contribution is -0.145. The van der Waals surface area contributed by atoms with Crippen molar-refractivity contribution in [3.63, 3.8) is 0 Å². The minimum Gasteiger partial charge on any atom is -0.342 e. The Morgan fingerprint density at radius 2 is 1.84 bits per heavy atom. The first-order valence-electron chi connectivity index (χ1n) is 10.1. The third-order valence-corrected chi connectivity index (χ3v) is 6.55. The van der Waals surface area contributed by atoms with Crippen LogP contribution < -0.4 is 4.90 Å². The second-order valence-corrected chi connectivity index (χ2v) is 8.19. The zero-order valence-electron chi connectivity index (χ0n) is 15.2. The summed E-state index contributed by atoms with van der Waals surface area (Å²) in [5.74, 6) is 2.01. The molecule has 1 aromatic heterocycles. The van der Waals surface area contributed by atoms with Crippen molar-refractivity contribution < 1.29 is 4.79 Å². The molecular formula is C20H30N4O. The fraction of sp³-hybridized carbons (Fsp3) is 0.750. The number of rotatable bonds is 4. The summed E-state index contributed by atoms with van der Waals surface area (Å²) < 4.78 is 0. The Kier molecular flexibility index (Phi) is 4.91. The van der Waals surface area contributed by atoms with Gasteiger partial charge in [0.15, 0.2) is 0 Å². The van der Waals surface area contributed by atoms with Crippen LogP contribution in [-0.2, 0) is 4.79 Å². The number of likely N-dealkylation sites (tertiary alicyclic amines) is 1. The Bertz CT molecular complexity index is 587. The molecule has 2 saturated heterocycles. The summed E-state index contributed by atoms with van der Waals surface area (Å²) >= 11 is 0. The van der Waals surface area contributed by atoms with E-state index in [2.05, 4.69) is 19.8 Å². The van der Waals surface area contributed by atoms with E-state index in [1.807, 2.05) is 6.07 Å². The van der Waals surface area contributed by atoms with Gasteiger partial charge in [0.05, 0.1) is 5.41 Å². The van der Waals surface area contributed by atoms with Gasteiger partial charge in [-0.3, -0.25) is 4.79 Å². The summed E-state index contributed by atoms with van der Waals surface area (Å²) in [5.41, 5.74) is -0.190. The van der Waals surface area contributed by atoms with Crippen LogP contribution >= 0.6 is 0 Å². The van der Waals surface area contributed by atoms with E-state index in [0.29, 0.717) is 5.91 Å². The molecule has 1 saturated carbocycles. The van der Waals surface area contributed by atoms with Crippen molar-refractivity contribution in [2.75, 3.05) is 31.1 Å². The highest BCUT2D eigenvalue weighted by Gasteiger charge is 2.48. The number of hydrogen-bond donors (Lipinski definition) is 0. The minimum atomic E-state index is -0.190. The molecule has 5 nitrogen and oxygen atoms in total. The van der Waals surface area contributed by atoms with Crippen LogP contribution in [0.25, 0.3) is 0 Å². The molecule has 1 aromatic rings. The van der Waals surface area contributed by atoms with Crippen LogP contribution in [0.3, 0.4) is 0 Å². The first kappa shape index (κ1) is 16.8. The molecule has 25 heavy (non-hydrogen) atoms. The highest BCUT2D eigenvalue weighted by atomic mass is 16.2. The molecule has 4 rings (SSSR count). The zero-order valence-corrected chi connectivity index (χ0v) is 15.2. The molecule has 0 radical (unpaired) electrons. The van der Waals surface area contributed by atoms with E-state index in [-0.39, 0.29) is 5.41 Å². The monoisotopic (exact) mass is 342 g/mol. The van der Waals surface area contributed by atoms with Gasteiger partial charge in [0.25, 0.3) is 0 Å². The zero-order chi connectivity index (χ0) is 17.1.